The van der Waals surface area contributed by atoms with E-state index in [0.717, 1.165) is 25.7 Å². The summed E-state index contributed by atoms with van der Waals surface area (Å²) >= 11 is 1.19. The Morgan fingerprint density at radius 3 is 2.56 bits per heavy atom. The maximum atomic E-state index is 13.1. The highest BCUT2D eigenvalue weighted by molar-refractivity contribution is 7.10. The van der Waals surface area contributed by atoms with E-state index in [-0.39, 0.29) is 12.6 Å². The van der Waals surface area contributed by atoms with Gasteiger partial charge in [-0.2, -0.15) is 13.2 Å². The van der Waals surface area contributed by atoms with E-state index < -0.39 is 24.0 Å². The number of amides is 2. The van der Waals surface area contributed by atoms with Crippen LogP contribution in [0.25, 0.3) is 0 Å². The Bertz CT molecular complexity index is 569. The van der Waals surface area contributed by atoms with Crippen molar-refractivity contribution in [3.8, 4) is 0 Å². The molecule has 2 rings (SSSR count). The summed E-state index contributed by atoms with van der Waals surface area (Å²) in [5, 5.41) is 4.53. The van der Waals surface area contributed by atoms with Gasteiger partial charge < -0.3 is 10.2 Å². The molecule has 0 aliphatic heterocycles. The monoisotopic (exact) mass is 376 g/mol. The van der Waals surface area contributed by atoms with Crippen molar-refractivity contribution in [2.24, 2.45) is 0 Å². The highest BCUT2D eigenvalue weighted by Crippen LogP contribution is 2.31. The van der Waals surface area contributed by atoms with E-state index in [4.69, 9.17) is 0 Å². The van der Waals surface area contributed by atoms with Crippen LogP contribution in [0.15, 0.2) is 17.5 Å². The molecule has 1 aliphatic rings. The second kappa shape index (κ2) is 8.69. The summed E-state index contributed by atoms with van der Waals surface area (Å²) in [6.45, 7) is 1.73. The number of halogens is 3. The number of unbranched alkanes of at least 4 members (excludes halogenated alkanes) is 1. The minimum absolute atomic E-state index is 0.0241. The molecular weight excluding hydrogens is 353 g/mol. The van der Waals surface area contributed by atoms with Crippen molar-refractivity contribution in [1.29, 1.82) is 0 Å². The predicted octanol–water partition coefficient (Wildman–Crippen LogP) is 4.04. The van der Waals surface area contributed by atoms with E-state index in [1.807, 2.05) is 6.92 Å². The Labute approximate surface area is 149 Å². The Morgan fingerprint density at radius 2 is 2.04 bits per heavy atom. The number of hydrogen-bond donors (Lipinski definition) is 1. The molecule has 4 nitrogen and oxygen atoms in total. The van der Waals surface area contributed by atoms with E-state index in [9.17, 15) is 22.8 Å². The third kappa shape index (κ3) is 5.20. The van der Waals surface area contributed by atoms with Crippen LogP contribution in [0.5, 0.6) is 0 Å². The molecule has 0 bridgehead atoms. The van der Waals surface area contributed by atoms with Crippen LogP contribution < -0.4 is 5.32 Å². The average Bonchev–Trinajstić information content (AvgIpc) is 3.23. The molecule has 0 saturated heterocycles. The molecule has 25 heavy (non-hydrogen) atoms. The molecule has 2 amide bonds. The maximum absolute atomic E-state index is 13.1. The Balaban J connectivity index is 2.29. The van der Waals surface area contributed by atoms with Gasteiger partial charge in [-0.05, 0) is 30.7 Å². The standard InChI is InChI=1S/C17H23F3N2O2S/c1-2-3-10-22(16(24)17(18,19)20)14(13-9-6-11-25-13)15(23)21-12-7-4-5-8-12/h6,9,11-12,14H,2-5,7-8,10H2,1H3,(H,21,23)/t14-/m0/s1. The summed E-state index contributed by atoms with van der Waals surface area (Å²) in [4.78, 5) is 25.9. The molecule has 0 aromatic carbocycles. The number of carbonyl (C=O) groups excluding carboxylic acids is 2. The second-order valence-corrected chi connectivity index (χ2v) is 7.24. The Morgan fingerprint density at radius 1 is 1.36 bits per heavy atom. The third-order valence-electron chi connectivity index (χ3n) is 4.33. The molecule has 1 saturated carbocycles. The topological polar surface area (TPSA) is 49.4 Å². The van der Waals surface area contributed by atoms with Crippen LogP contribution in [0, 0.1) is 0 Å². The third-order valence-corrected chi connectivity index (χ3v) is 5.25. The van der Waals surface area contributed by atoms with E-state index >= 15 is 0 Å². The number of rotatable bonds is 7. The predicted molar refractivity (Wildman–Crippen MR) is 90.1 cm³/mol. The minimum atomic E-state index is -5.00. The molecule has 1 aromatic rings. The highest BCUT2D eigenvalue weighted by atomic mass is 32.1. The zero-order chi connectivity index (χ0) is 18.4. The van der Waals surface area contributed by atoms with Crippen LogP contribution >= 0.6 is 11.3 Å². The quantitative estimate of drug-likeness (QED) is 0.781. The number of nitrogens with zero attached hydrogens (tertiary/aromatic N) is 1. The fraction of sp³-hybridized carbons (Fsp3) is 0.647. The lowest BCUT2D eigenvalue weighted by molar-refractivity contribution is -0.188. The number of alkyl halides is 3. The molecule has 1 N–H and O–H groups in total. The van der Waals surface area contributed by atoms with Gasteiger partial charge in [-0.1, -0.05) is 32.3 Å². The van der Waals surface area contributed by atoms with Gasteiger partial charge >= 0.3 is 12.1 Å². The van der Waals surface area contributed by atoms with Crippen molar-refractivity contribution in [3.05, 3.63) is 22.4 Å². The van der Waals surface area contributed by atoms with Gasteiger partial charge in [0, 0.05) is 17.5 Å². The van der Waals surface area contributed by atoms with E-state index in [2.05, 4.69) is 5.32 Å². The fourth-order valence-electron chi connectivity index (χ4n) is 3.06. The van der Waals surface area contributed by atoms with Gasteiger partial charge in [-0.3, -0.25) is 9.59 Å². The van der Waals surface area contributed by atoms with Crippen molar-refractivity contribution in [2.75, 3.05) is 6.54 Å². The van der Waals surface area contributed by atoms with Gasteiger partial charge in [0.25, 0.3) is 0 Å². The van der Waals surface area contributed by atoms with Gasteiger partial charge in [-0.25, -0.2) is 0 Å². The van der Waals surface area contributed by atoms with Crippen molar-refractivity contribution in [3.63, 3.8) is 0 Å². The molecular formula is C17H23F3N2O2S. The van der Waals surface area contributed by atoms with Gasteiger partial charge in [0.05, 0.1) is 0 Å². The first-order valence-corrected chi connectivity index (χ1v) is 9.44. The first-order chi connectivity index (χ1) is 11.8. The number of thiophene rings is 1. The van der Waals surface area contributed by atoms with Gasteiger partial charge in [-0.15, -0.1) is 11.3 Å². The van der Waals surface area contributed by atoms with Crippen LogP contribution in [0.3, 0.4) is 0 Å². The lowest BCUT2D eigenvalue weighted by atomic mass is 10.1. The molecule has 0 spiro atoms. The van der Waals surface area contributed by atoms with Crippen LogP contribution in [-0.4, -0.2) is 35.5 Å². The summed E-state index contributed by atoms with van der Waals surface area (Å²) in [6, 6.07) is 2.02. The number of nitrogens with one attached hydrogen (secondary N) is 1. The van der Waals surface area contributed by atoms with Crippen LogP contribution in [0.2, 0.25) is 0 Å². The first kappa shape index (κ1) is 19.8. The molecule has 1 atom stereocenters. The van der Waals surface area contributed by atoms with Crippen molar-refractivity contribution in [1.82, 2.24) is 10.2 Å². The zero-order valence-corrected chi connectivity index (χ0v) is 15.0. The van der Waals surface area contributed by atoms with E-state index in [1.165, 1.54) is 11.3 Å². The lowest BCUT2D eigenvalue weighted by Crippen LogP contribution is -2.50. The summed E-state index contributed by atoms with van der Waals surface area (Å²) in [5.41, 5.74) is 0. The van der Waals surface area contributed by atoms with Gasteiger partial charge in [0.15, 0.2) is 0 Å². The van der Waals surface area contributed by atoms with Crippen LogP contribution in [0.4, 0.5) is 13.2 Å². The van der Waals surface area contributed by atoms with Crippen molar-refractivity contribution < 1.29 is 22.8 Å². The lowest BCUT2D eigenvalue weighted by Gasteiger charge is -2.31. The second-order valence-electron chi connectivity index (χ2n) is 6.26. The SMILES string of the molecule is CCCCN(C(=O)C(F)(F)F)[C@H](C(=O)NC1CCCC1)c1cccs1. The van der Waals surface area contributed by atoms with E-state index in [1.54, 1.807) is 17.5 Å². The molecule has 8 heteroatoms. The van der Waals surface area contributed by atoms with Gasteiger partial charge in [0.2, 0.25) is 5.91 Å². The molecule has 1 heterocycles. The molecule has 0 radical (unpaired) electrons. The Hall–Kier alpha value is -1.57. The maximum Gasteiger partial charge on any atom is 0.471 e. The molecule has 1 fully saturated rings. The number of carbonyl (C=O) groups is 2. The molecule has 1 aromatic heterocycles. The largest absolute Gasteiger partial charge is 0.471 e. The van der Waals surface area contributed by atoms with Crippen molar-refractivity contribution in [2.45, 2.75) is 63.7 Å². The Kier molecular flexibility index (Phi) is 6.87. The first-order valence-electron chi connectivity index (χ1n) is 8.56. The molecule has 140 valence electrons. The average molecular weight is 376 g/mol. The van der Waals surface area contributed by atoms with Crippen molar-refractivity contribution >= 4 is 23.2 Å². The van der Waals surface area contributed by atoms with Crippen LogP contribution in [-0.2, 0) is 9.59 Å². The minimum Gasteiger partial charge on any atom is -0.351 e. The van der Waals surface area contributed by atoms with Crippen LogP contribution in [0.1, 0.15) is 56.4 Å². The summed E-state index contributed by atoms with van der Waals surface area (Å²) in [7, 11) is 0. The summed E-state index contributed by atoms with van der Waals surface area (Å²) in [5.74, 6) is -2.48. The highest BCUT2D eigenvalue weighted by Gasteiger charge is 2.46. The zero-order valence-electron chi connectivity index (χ0n) is 14.1. The fourth-order valence-corrected chi connectivity index (χ4v) is 3.90. The normalized spacial score (nSPS) is 16.6. The summed E-state index contributed by atoms with van der Waals surface area (Å²) in [6.07, 6.45) is -0.332. The smallest absolute Gasteiger partial charge is 0.351 e. The molecule has 1 aliphatic carbocycles. The summed E-state index contributed by atoms with van der Waals surface area (Å²) < 4.78 is 39.2. The number of hydrogen-bond acceptors (Lipinski definition) is 3. The van der Waals surface area contributed by atoms with E-state index in [0.29, 0.717) is 22.6 Å². The molecule has 0 unspecified atom stereocenters. The van der Waals surface area contributed by atoms with Gasteiger partial charge in [0.1, 0.15) is 6.04 Å².